The second-order valence-corrected chi connectivity index (χ2v) is 9.04. The van der Waals surface area contributed by atoms with E-state index in [4.69, 9.17) is 0 Å². The average molecular weight is 399 g/mol. The van der Waals surface area contributed by atoms with Crippen molar-refractivity contribution in [2.24, 2.45) is 5.92 Å². The van der Waals surface area contributed by atoms with Gasteiger partial charge in [0.15, 0.2) is 11.3 Å². The summed E-state index contributed by atoms with van der Waals surface area (Å²) in [7, 11) is 2.12. The lowest BCUT2D eigenvalue weighted by Crippen LogP contribution is -2.48. The number of aromatic nitrogens is 5. The standard InChI is InChI=1S/C20H29N7O2/c1-20(2,3)27(19(28)29)11-13-5-7-14(8-6-13)25(4)15-9-21-18-17(15)26-12-23-24-16(26)10-22-18/h9-10,12-14,21H,5-8,11H2,1-4H3,(H,28,29)/t13-,14-. The van der Waals surface area contributed by atoms with Gasteiger partial charge in [-0.05, 0) is 52.4 Å². The van der Waals surface area contributed by atoms with Crippen LogP contribution in [0, 0.1) is 5.92 Å². The Morgan fingerprint density at radius 2 is 2.03 bits per heavy atom. The Kier molecular flexibility index (Phi) is 4.84. The number of hydrogen-bond acceptors (Lipinski definition) is 5. The van der Waals surface area contributed by atoms with Crippen LogP contribution >= 0.6 is 0 Å². The van der Waals surface area contributed by atoms with Crippen molar-refractivity contribution in [3.05, 3.63) is 18.7 Å². The first-order chi connectivity index (χ1) is 13.8. The molecule has 3 heterocycles. The number of carboxylic acid groups (broad SMARTS) is 1. The molecule has 3 aromatic heterocycles. The van der Waals surface area contributed by atoms with Crippen molar-refractivity contribution in [1.29, 1.82) is 0 Å². The van der Waals surface area contributed by atoms with Crippen molar-refractivity contribution in [3.63, 3.8) is 0 Å². The number of H-pyrrole nitrogens is 1. The Morgan fingerprint density at radius 1 is 1.31 bits per heavy atom. The first kappa shape index (κ1) is 19.5. The molecule has 3 aromatic rings. The molecule has 1 amide bonds. The maximum absolute atomic E-state index is 11.7. The number of rotatable bonds is 4. The van der Waals surface area contributed by atoms with E-state index in [1.165, 1.54) is 0 Å². The first-order valence-electron chi connectivity index (χ1n) is 10.1. The minimum atomic E-state index is -0.832. The van der Waals surface area contributed by atoms with Crippen LogP contribution in [-0.2, 0) is 0 Å². The molecule has 1 aliphatic carbocycles. The largest absolute Gasteiger partial charge is 0.465 e. The highest BCUT2D eigenvalue weighted by atomic mass is 16.4. The highest BCUT2D eigenvalue weighted by Gasteiger charge is 2.32. The van der Waals surface area contributed by atoms with Crippen LogP contribution in [0.5, 0.6) is 0 Å². The van der Waals surface area contributed by atoms with Crippen LogP contribution in [0.1, 0.15) is 46.5 Å². The molecule has 0 aromatic carbocycles. The van der Waals surface area contributed by atoms with E-state index in [1.807, 2.05) is 31.4 Å². The lowest BCUT2D eigenvalue weighted by atomic mass is 9.84. The SMILES string of the molecule is CN(c1c[nH]c2ncc3nncn3c12)[C@H]1CC[C@H](CN(C(=O)O)C(C)(C)C)CC1. The highest BCUT2D eigenvalue weighted by molar-refractivity contribution is 5.88. The normalized spacial score (nSPS) is 20.3. The van der Waals surface area contributed by atoms with Gasteiger partial charge in [-0.2, -0.15) is 0 Å². The number of aromatic amines is 1. The van der Waals surface area contributed by atoms with Gasteiger partial charge in [-0.25, -0.2) is 9.78 Å². The minimum absolute atomic E-state index is 0.374. The fourth-order valence-electron chi connectivity index (χ4n) is 4.43. The zero-order valence-electron chi connectivity index (χ0n) is 17.5. The van der Waals surface area contributed by atoms with Gasteiger partial charge in [-0.1, -0.05) is 0 Å². The zero-order valence-corrected chi connectivity index (χ0v) is 17.5. The molecule has 0 saturated heterocycles. The number of anilines is 1. The van der Waals surface area contributed by atoms with Gasteiger partial charge < -0.3 is 19.9 Å². The Bertz CT molecular complexity index is 1010. The molecule has 1 aliphatic rings. The molecule has 0 unspecified atom stereocenters. The third-order valence-electron chi connectivity index (χ3n) is 6.16. The average Bonchev–Trinajstić information content (AvgIpc) is 3.30. The zero-order chi connectivity index (χ0) is 20.8. The van der Waals surface area contributed by atoms with Crippen LogP contribution in [0.25, 0.3) is 16.8 Å². The summed E-state index contributed by atoms with van der Waals surface area (Å²) in [5.41, 5.74) is 3.24. The van der Waals surface area contributed by atoms with E-state index in [0.717, 1.165) is 48.2 Å². The van der Waals surface area contributed by atoms with Crippen molar-refractivity contribution in [3.8, 4) is 0 Å². The maximum Gasteiger partial charge on any atom is 0.407 e. The third-order valence-corrected chi connectivity index (χ3v) is 6.16. The van der Waals surface area contributed by atoms with Crippen LogP contribution in [0.2, 0.25) is 0 Å². The molecule has 0 bridgehead atoms. The van der Waals surface area contributed by atoms with Gasteiger partial charge >= 0.3 is 6.09 Å². The highest BCUT2D eigenvalue weighted by Crippen LogP contribution is 2.34. The summed E-state index contributed by atoms with van der Waals surface area (Å²) < 4.78 is 1.96. The molecule has 0 aliphatic heterocycles. The molecule has 4 rings (SSSR count). The number of nitrogens with zero attached hydrogens (tertiary/aromatic N) is 6. The summed E-state index contributed by atoms with van der Waals surface area (Å²) in [5.74, 6) is 0.407. The molecule has 2 N–H and O–H groups in total. The quantitative estimate of drug-likeness (QED) is 0.697. The molecule has 156 valence electrons. The van der Waals surface area contributed by atoms with Crippen LogP contribution in [0.15, 0.2) is 18.7 Å². The topological polar surface area (TPSA) is 103 Å². The minimum Gasteiger partial charge on any atom is -0.465 e. The predicted octanol–water partition coefficient (Wildman–Crippen LogP) is 3.38. The van der Waals surface area contributed by atoms with Gasteiger partial charge in [-0.15, -0.1) is 10.2 Å². The van der Waals surface area contributed by atoms with E-state index in [0.29, 0.717) is 18.5 Å². The Balaban J connectivity index is 1.47. The fourth-order valence-corrected chi connectivity index (χ4v) is 4.43. The van der Waals surface area contributed by atoms with Crippen LogP contribution in [-0.4, -0.2) is 65.8 Å². The molecule has 9 nitrogen and oxygen atoms in total. The van der Waals surface area contributed by atoms with E-state index >= 15 is 0 Å². The number of hydrogen-bond donors (Lipinski definition) is 2. The van der Waals surface area contributed by atoms with E-state index in [2.05, 4.69) is 32.1 Å². The van der Waals surface area contributed by atoms with Gasteiger partial charge in [-0.3, -0.25) is 4.40 Å². The third kappa shape index (κ3) is 3.61. The maximum atomic E-state index is 11.7. The van der Waals surface area contributed by atoms with Crippen LogP contribution in [0.4, 0.5) is 10.5 Å². The van der Waals surface area contributed by atoms with Gasteiger partial charge in [0, 0.05) is 31.4 Å². The van der Waals surface area contributed by atoms with Crippen molar-refractivity contribution in [2.75, 3.05) is 18.5 Å². The Hall–Kier alpha value is -2.84. The lowest BCUT2D eigenvalue weighted by Gasteiger charge is -2.40. The van der Waals surface area contributed by atoms with Gasteiger partial charge in [0.1, 0.15) is 11.8 Å². The second kappa shape index (κ2) is 7.20. The summed E-state index contributed by atoms with van der Waals surface area (Å²) in [6.07, 6.45) is 8.72. The number of amides is 1. The Labute approximate surface area is 169 Å². The molecule has 9 heteroatoms. The van der Waals surface area contributed by atoms with E-state index in [-0.39, 0.29) is 5.54 Å². The smallest absolute Gasteiger partial charge is 0.407 e. The molecule has 0 spiro atoms. The molecule has 0 radical (unpaired) electrons. The second-order valence-electron chi connectivity index (χ2n) is 9.04. The number of carbonyl (C=O) groups is 1. The van der Waals surface area contributed by atoms with Crippen molar-refractivity contribution < 1.29 is 9.90 Å². The number of nitrogens with one attached hydrogen (secondary N) is 1. The van der Waals surface area contributed by atoms with Gasteiger partial charge in [0.25, 0.3) is 0 Å². The monoisotopic (exact) mass is 399 g/mol. The van der Waals surface area contributed by atoms with Crippen molar-refractivity contribution in [1.82, 2.24) is 29.5 Å². The Morgan fingerprint density at radius 3 is 2.69 bits per heavy atom. The van der Waals surface area contributed by atoms with Gasteiger partial charge in [0.2, 0.25) is 0 Å². The summed E-state index contributed by atoms with van der Waals surface area (Å²) in [5, 5.41) is 17.7. The predicted molar refractivity (Wildman–Crippen MR) is 111 cm³/mol. The molecular formula is C20H29N7O2. The van der Waals surface area contributed by atoms with Crippen molar-refractivity contribution >= 4 is 28.6 Å². The molecular weight excluding hydrogens is 370 g/mol. The number of fused-ring (bicyclic) bond motifs is 3. The molecule has 1 saturated carbocycles. The fraction of sp³-hybridized carbons (Fsp3) is 0.600. The van der Waals surface area contributed by atoms with Crippen LogP contribution in [0.3, 0.4) is 0 Å². The van der Waals surface area contributed by atoms with Crippen LogP contribution < -0.4 is 4.90 Å². The molecule has 1 fully saturated rings. The summed E-state index contributed by atoms with van der Waals surface area (Å²) in [6.45, 7) is 6.47. The van der Waals surface area contributed by atoms with Gasteiger partial charge in [0.05, 0.1) is 11.9 Å². The lowest BCUT2D eigenvalue weighted by molar-refractivity contribution is 0.0821. The summed E-state index contributed by atoms with van der Waals surface area (Å²) in [4.78, 5) is 23.2. The van der Waals surface area contributed by atoms with Crippen molar-refractivity contribution in [2.45, 2.75) is 58.0 Å². The van der Waals surface area contributed by atoms with E-state index in [1.54, 1.807) is 17.4 Å². The summed E-state index contributed by atoms with van der Waals surface area (Å²) in [6, 6.07) is 0.407. The van der Waals surface area contributed by atoms with E-state index in [9.17, 15) is 9.90 Å². The molecule has 29 heavy (non-hydrogen) atoms. The summed E-state index contributed by atoms with van der Waals surface area (Å²) >= 11 is 0. The molecule has 0 atom stereocenters. The first-order valence-corrected chi connectivity index (χ1v) is 10.1. The van der Waals surface area contributed by atoms with E-state index < -0.39 is 6.09 Å².